The lowest BCUT2D eigenvalue weighted by Crippen LogP contribution is -2.15. The minimum Gasteiger partial charge on any atom is -0.336 e. The Kier molecular flexibility index (Phi) is 2.16. The van der Waals surface area contributed by atoms with Crippen LogP contribution in [0.3, 0.4) is 0 Å². The van der Waals surface area contributed by atoms with Gasteiger partial charge in [0.15, 0.2) is 0 Å². The largest absolute Gasteiger partial charge is 0.336 e. The molecular formula is C9H11N3S. The van der Waals surface area contributed by atoms with Crippen LogP contribution in [0.4, 0.5) is 0 Å². The normalized spacial score (nSPS) is 13.1. The van der Waals surface area contributed by atoms with Gasteiger partial charge in [-0.25, -0.2) is 4.98 Å². The predicted molar refractivity (Wildman–Crippen MR) is 53.6 cm³/mol. The molecule has 3 nitrogen and oxygen atoms in total. The van der Waals surface area contributed by atoms with Crippen LogP contribution in [0.2, 0.25) is 0 Å². The minimum absolute atomic E-state index is 0.0972. The average molecular weight is 193 g/mol. The second-order valence-electron chi connectivity index (χ2n) is 2.89. The lowest BCUT2D eigenvalue weighted by Gasteiger charge is -2.08. The number of rotatable bonds is 2. The maximum Gasteiger partial charge on any atom is 0.130 e. The molecule has 0 bridgehead atoms. The Hall–Kier alpha value is -1.13. The number of nitrogens with zero attached hydrogens (tertiary/aromatic N) is 2. The molecule has 2 aromatic rings. The molecule has 0 aliphatic rings. The topological polar surface area (TPSA) is 43.8 Å². The van der Waals surface area contributed by atoms with Crippen LogP contribution in [0.5, 0.6) is 0 Å². The van der Waals surface area contributed by atoms with Crippen molar-refractivity contribution in [2.24, 2.45) is 12.8 Å². The van der Waals surface area contributed by atoms with Gasteiger partial charge in [0, 0.05) is 24.3 Å². The first-order valence-electron chi connectivity index (χ1n) is 4.05. The molecule has 68 valence electrons. The van der Waals surface area contributed by atoms with E-state index in [0.717, 1.165) is 10.7 Å². The molecule has 0 spiro atoms. The molecular weight excluding hydrogens is 182 g/mol. The maximum atomic E-state index is 6.03. The first-order valence-corrected chi connectivity index (χ1v) is 4.93. The van der Waals surface area contributed by atoms with Crippen LogP contribution >= 0.6 is 11.3 Å². The fourth-order valence-electron chi connectivity index (χ4n) is 1.27. The number of aryl methyl sites for hydroxylation is 1. The summed E-state index contributed by atoms with van der Waals surface area (Å²) in [7, 11) is 1.95. The zero-order chi connectivity index (χ0) is 9.26. The number of imidazole rings is 1. The highest BCUT2D eigenvalue weighted by Gasteiger charge is 2.13. The summed E-state index contributed by atoms with van der Waals surface area (Å²) in [6.07, 6.45) is 3.67. The van der Waals surface area contributed by atoms with E-state index in [0.29, 0.717) is 0 Å². The minimum atomic E-state index is -0.0972. The first-order chi connectivity index (χ1) is 6.29. The SMILES string of the molecule is Cn1ccnc1C(N)c1cccs1. The van der Waals surface area contributed by atoms with Crippen molar-refractivity contribution in [1.29, 1.82) is 0 Å². The van der Waals surface area contributed by atoms with Gasteiger partial charge < -0.3 is 10.3 Å². The summed E-state index contributed by atoms with van der Waals surface area (Å²) in [4.78, 5) is 5.36. The molecule has 2 aromatic heterocycles. The Bertz CT molecular complexity index is 377. The van der Waals surface area contributed by atoms with Gasteiger partial charge in [0.05, 0.1) is 6.04 Å². The predicted octanol–water partition coefficient (Wildman–Crippen LogP) is 1.53. The van der Waals surface area contributed by atoms with Crippen LogP contribution in [-0.2, 0) is 7.05 Å². The molecule has 0 aliphatic heterocycles. The number of thiophene rings is 1. The van der Waals surface area contributed by atoms with Gasteiger partial charge >= 0.3 is 0 Å². The van der Waals surface area contributed by atoms with Gasteiger partial charge in [-0.1, -0.05) is 6.07 Å². The molecule has 0 aromatic carbocycles. The fourth-order valence-corrected chi connectivity index (χ4v) is 2.00. The van der Waals surface area contributed by atoms with Crippen molar-refractivity contribution in [2.75, 3.05) is 0 Å². The zero-order valence-electron chi connectivity index (χ0n) is 7.34. The van der Waals surface area contributed by atoms with Crippen molar-refractivity contribution in [1.82, 2.24) is 9.55 Å². The molecule has 0 saturated heterocycles. The van der Waals surface area contributed by atoms with Crippen LogP contribution in [-0.4, -0.2) is 9.55 Å². The maximum absolute atomic E-state index is 6.03. The number of hydrogen-bond acceptors (Lipinski definition) is 3. The van der Waals surface area contributed by atoms with Gasteiger partial charge in [0.1, 0.15) is 5.82 Å². The van der Waals surface area contributed by atoms with Crippen LogP contribution in [0.25, 0.3) is 0 Å². The second-order valence-corrected chi connectivity index (χ2v) is 3.87. The molecule has 2 heterocycles. The number of nitrogens with two attached hydrogens (primary N) is 1. The molecule has 0 aliphatic carbocycles. The zero-order valence-corrected chi connectivity index (χ0v) is 8.16. The van der Waals surface area contributed by atoms with Gasteiger partial charge in [-0.05, 0) is 11.4 Å². The second kappa shape index (κ2) is 3.32. The fraction of sp³-hybridized carbons (Fsp3) is 0.222. The Morgan fingerprint density at radius 1 is 1.62 bits per heavy atom. The van der Waals surface area contributed by atoms with E-state index >= 15 is 0 Å². The van der Waals surface area contributed by atoms with Crippen LogP contribution < -0.4 is 5.73 Å². The van der Waals surface area contributed by atoms with Crippen molar-refractivity contribution >= 4 is 11.3 Å². The molecule has 0 radical (unpaired) electrons. The highest BCUT2D eigenvalue weighted by atomic mass is 32.1. The van der Waals surface area contributed by atoms with E-state index in [1.165, 1.54) is 0 Å². The molecule has 0 saturated carbocycles. The molecule has 2 rings (SSSR count). The highest BCUT2D eigenvalue weighted by molar-refractivity contribution is 7.10. The van der Waals surface area contributed by atoms with Gasteiger partial charge in [-0.2, -0.15) is 0 Å². The third-order valence-electron chi connectivity index (χ3n) is 1.99. The van der Waals surface area contributed by atoms with Gasteiger partial charge in [0.2, 0.25) is 0 Å². The third-order valence-corrected chi connectivity index (χ3v) is 2.94. The standard InChI is InChI=1S/C9H11N3S/c1-12-5-4-11-9(12)8(10)7-3-2-6-13-7/h2-6,8H,10H2,1H3. The van der Waals surface area contributed by atoms with Crippen LogP contribution in [0, 0.1) is 0 Å². The summed E-state index contributed by atoms with van der Waals surface area (Å²) in [5.41, 5.74) is 6.03. The lowest BCUT2D eigenvalue weighted by atomic mass is 10.2. The smallest absolute Gasteiger partial charge is 0.130 e. The molecule has 0 fully saturated rings. The van der Waals surface area contributed by atoms with E-state index in [1.54, 1.807) is 17.5 Å². The van der Waals surface area contributed by atoms with Crippen molar-refractivity contribution in [2.45, 2.75) is 6.04 Å². The third kappa shape index (κ3) is 1.50. The monoisotopic (exact) mass is 193 g/mol. The summed E-state index contributed by atoms with van der Waals surface area (Å²) in [5.74, 6) is 0.905. The number of hydrogen-bond donors (Lipinski definition) is 1. The first kappa shape index (κ1) is 8.47. The highest BCUT2D eigenvalue weighted by Crippen LogP contribution is 2.21. The molecule has 4 heteroatoms. The summed E-state index contributed by atoms with van der Waals surface area (Å²) in [6.45, 7) is 0. The molecule has 2 N–H and O–H groups in total. The Morgan fingerprint density at radius 3 is 3.00 bits per heavy atom. The summed E-state index contributed by atoms with van der Waals surface area (Å²) in [6, 6.07) is 3.94. The van der Waals surface area contributed by atoms with E-state index in [2.05, 4.69) is 4.98 Å². The van der Waals surface area contributed by atoms with Crippen molar-refractivity contribution < 1.29 is 0 Å². The number of aromatic nitrogens is 2. The lowest BCUT2D eigenvalue weighted by molar-refractivity contribution is 0.726. The Balaban J connectivity index is 2.33. The summed E-state index contributed by atoms with van der Waals surface area (Å²) >= 11 is 1.66. The van der Waals surface area contributed by atoms with Crippen molar-refractivity contribution in [3.8, 4) is 0 Å². The van der Waals surface area contributed by atoms with E-state index in [-0.39, 0.29) is 6.04 Å². The summed E-state index contributed by atoms with van der Waals surface area (Å²) < 4.78 is 1.95. The van der Waals surface area contributed by atoms with E-state index in [4.69, 9.17) is 5.73 Å². The van der Waals surface area contributed by atoms with E-state index in [9.17, 15) is 0 Å². The van der Waals surface area contributed by atoms with Crippen LogP contribution in [0.15, 0.2) is 29.9 Å². The van der Waals surface area contributed by atoms with Gasteiger partial charge in [-0.15, -0.1) is 11.3 Å². The summed E-state index contributed by atoms with van der Waals surface area (Å²) in [5, 5.41) is 2.03. The van der Waals surface area contributed by atoms with E-state index < -0.39 is 0 Å². The Labute approximate surface area is 80.8 Å². The molecule has 1 unspecified atom stereocenters. The van der Waals surface area contributed by atoms with E-state index in [1.807, 2.05) is 35.3 Å². The van der Waals surface area contributed by atoms with Crippen molar-refractivity contribution in [3.05, 3.63) is 40.6 Å². The van der Waals surface area contributed by atoms with Gasteiger partial charge in [0.25, 0.3) is 0 Å². The molecule has 0 amide bonds. The van der Waals surface area contributed by atoms with Gasteiger partial charge in [-0.3, -0.25) is 0 Å². The molecule has 13 heavy (non-hydrogen) atoms. The Morgan fingerprint density at radius 2 is 2.46 bits per heavy atom. The van der Waals surface area contributed by atoms with Crippen LogP contribution in [0.1, 0.15) is 16.7 Å². The average Bonchev–Trinajstić information content (AvgIpc) is 2.72. The van der Waals surface area contributed by atoms with Crippen molar-refractivity contribution in [3.63, 3.8) is 0 Å². The molecule has 1 atom stereocenters. The quantitative estimate of drug-likeness (QED) is 0.786.